The van der Waals surface area contributed by atoms with Crippen LogP contribution in [0.3, 0.4) is 0 Å². The van der Waals surface area contributed by atoms with Gasteiger partial charge in [0.05, 0.1) is 0 Å². The fourth-order valence-electron chi connectivity index (χ4n) is 1.08. The molecule has 12 heavy (non-hydrogen) atoms. The van der Waals surface area contributed by atoms with Crippen molar-refractivity contribution in [2.45, 2.75) is 20.3 Å². The molecule has 62 valence electrons. The van der Waals surface area contributed by atoms with Gasteiger partial charge in [-0.3, -0.25) is 0 Å². The lowest BCUT2D eigenvalue weighted by atomic mass is 10.4. The standard InChI is InChI=1S/C8H10N4/c1-3-7-10-8-4-6(2)9-5-12(8)11-7/h4-5H,3H2,1-2H3. The van der Waals surface area contributed by atoms with Gasteiger partial charge in [-0.15, -0.1) is 5.10 Å². The normalized spacial score (nSPS) is 10.8. The summed E-state index contributed by atoms with van der Waals surface area (Å²) in [4.78, 5) is 8.42. The van der Waals surface area contributed by atoms with Crippen LogP contribution in [-0.2, 0) is 6.42 Å². The predicted molar refractivity (Wildman–Crippen MR) is 44.9 cm³/mol. The SMILES string of the molecule is CCc1nc2cc(C)ncn2n1. The van der Waals surface area contributed by atoms with Crippen LogP contribution in [0, 0.1) is 6.92 Å². The summed E-state index contributed by atoms with van der Waals surface area (Å²) in [6, 6.07) is 1.92. The number of hydrogen-bond acceptors (Lipinski definition) is 3. The highest BCUT2D eigenvalue weighted by Gasteiger charge is 2.00. The minimum absolute atomic E-state index is 0.862. The van der Waals surface area contributed by atoms with E-state index in [0.29, 0.717) is 0 Å². The first-order valence-electron chi connectivity index (χ1n) is 3.97. The summed E-state index contributed by atoms with van der Waals surface area (Å²) < 4.78 is 1.70. The third-order valence-electron chi connectivity index (χ3n) is 1.73. The van der Waals surface area contributed by atoms with Crippen molar-refractivity contribution in [1.29, 1.82) is 0 Å². The van der Waals surface area contributed by atoms with Gasteiger partial charge in [-0.1, -0.05) is 6.92 Å². The molecule has 4 heteroatoms. The van der Waals surface area contributed by atoms with Crippen LogP contribution in [-0.4, -0.2) is 19.6 Å². The van der Waals surface area contributed by atoms with Gasteiger partial charge in [0.2, 0.25) is 0 Å². The fraction of sp³-hybridized carbons (Fsp3) is 0.375. The Morgan fingerprint density at radius 2 is 2.33 bits per heavy atom. The van der Waals surface area contributed by atoms with Crippen molar-refractivity contribution in [3.05, 3.63) is 23.9 Å². The zero-order chi connectivity index (χ0) is 8.55. The van der Waals surface area contributed by atoms with Crippen LogP contribution in [0.25, 0.3) is 5.65 Å². The van der Waals surface area contributed by atoms with Gasteiger partial charge in [-0.25, -0.2) is 14.5 Å². The Morgan fingerprint density at radius 3 is 3.08 bits per heavy atom. The largest absolute Gasteiger partial charge is 0.241 e. The minimum Gasteiger partial charge on any atom is -0.241 e. The summed E-state index contributed by atoms with van der Waals surface area (Å²) in [5, 5.41) is 4.22. The van der Waals surface area contributed by atoms with E-state index in [-0.39, 0.29) is 0 Å². The Balaban J connectivity index is 2.67. The molecule has 2 aromatic rings. The van der Waals surface area contributed by atoms with Gasteiger partial charge in [0.15, 0.2) is 11.5 Å². The molecule has 0 saturated heterocycles. The highest BCUT2D eigenvalue weighted by Crippen LogP contribution is 2.01. The monoisotopic (exact) mass is 162 g/mol. The number of nitrogens with zero attached hydrogens (tertiary/aromatic N) is 4. The van der Waals surface area contributed by atoms with E-state index < -0.39 is 0 Å². The maximum atomic E-state index is 4.30. The molecule has 2 aromatic heterocycles. The van der Waals surface area contributed by atoms with Crippen molar-refractivity contribution in [2.75, 3.05) is 0 Å². The van der Waals surface area contributed by atoms with Crippen LogP contribution in [0.15, 0.2) is 12.4 Å². The third-order valence-corrected chi connectivity index (χ3v) is 1.73. The zero-order valence-electron chi connectivity index (χ0n) is 7.15. The van der Waals surface area contributed by atoms with Gasteiger partial charge in [0.1, 0.15) is 6.33 Å². The Labute approximate surface area is 70.3 Å². The predicted octanol–water partition coefficient (Wildman–Crippen LogP) is 0.995. The van der Waals surface area contributed by atoms with E-state index in [4.69, 9.17) is 0 Å². The summed E-state index contributed by atoms with van der Waals surface area (Å²) in [6.07, 6.45) is 2.55. The van der Waals surface area contributed by atoms with E-state index in [1.54, 1.807) is 10.8 Å². The van der Waals surface area contributed by atoms with Gasteiger partial charge in [0.25, 0.3) is 0 Å². The van der Waals surface area contributed by atoms with Gasteiger partial charge in [-0.2, -0.15) is 0 Å². The number of rotatable bonds is 1. The quantitative estimate of drug-likeness (QED) is 0.628. The molecule has 0 bridgehead atoms. The Hall–Kier alpha value is -1.45. The maximum Gasteiger partial charge on any atom is 0.159 e. The lowest BCUT2D eigenvalue weighted by Crippen LogP contribution is -1.90. The molecule has 0 aliphatic heterocycles. The molecule has 0 atom stereocenters. The van der Waals surface area contributed by atoms with Crippen LogP contribution in [0.1, 0.15) is 18.4 Å². The number of hydrogen-bond donors (Lipinski definition) is 0. The molecule has 0 fully saturated rings. The maximum absolute atomic E-state index is 4.30. The molecule has 0 aliphatic rings. The van der Waals surface area contributed by atoms with E-state index in [9.17, 15) is 0 Å². The first-order valence-corrected chi connectivity index (χ1v) is 3.97. The Bertz CT molecular complexity index is 404. The molecule has 2 rings (SSSR count). The smallest absolute Gasteiger partial charge is 0.159 e. The summed E-state index contributed by atoms with van der Waals surface area (Å²) in [7, 11) is 0. The van der Waals surface area contributed by atoms with E-state index in [1.165, 1.54) is 0 Å². The average molecular weight is 162 g/mol. The highest BCUT2D eigenvalue weighted by molar-refractivity contribution is 5.37. The van der Waals surface area contributed by atoms with Crippen molar-refractivity contribution in [3.8, 4) is 0 Å². The molecule has 0 radical (unpaired) electrons. The second-order valence-electron chi connectivity index (χ2n) is 2.71. The molecule has 0 saturated carbocycles. The molecule has 0 N–H and O–H groups in total. The van der Waals surface area contributed by atoms with Crippen LogP contribution in [0.4, 0.5) is 0 Å². The Morgan fingerprint density at radius 1 is 1.50 bits per heavy atom. The van der Waals surface area contributed by atoms with E-state index in [2.05, 4.69) is 15.1 Å². The second-order valence-corrected chi connectivity index (χ2v) is 2.71. The summed E-state index contributed by atoms with van der Waals surface area (Å²) in [5.74, 6) is 0.863. The minimum atomic E-state index is 0.862. The van der Waals surface area contributed by atoms with E-state index in [1.807, 2.05) is 19.9 Å². The molecular weight excluding hydrogens is 152 g/mol. The van der Waals surface area contributed by atoms with Crippen LogP contribution in [0.5, 0.6) is 0 Å². The molecule has 0 amide bonds. The number of aryl methyl sites for hydroxylation is 2. The van der Waals surface area contributed by atoms with E-state index >= 15 is 0 Å². The first kappa shape index (κ1) is 7.21. The van der Waals surface area contributed by atoms with Gasteiger partial charge < -0.3 is 0 Å². The molecule has 0 unspecified atom stereocenters. The molecule has 0 aliphatic carbocycles. The van der Waals surface area contributed by atoms with Crippen molar-refractivity contribution in [1.82, 2.24) is 19.6 Å². The lowest BCUT2D eigenvalue weighted by Gasteiger charge is -1.90. The second kappa shape index (κ2) is 2.55. The van der Waals surface area contributed by atoms with Crippen molar-refractivity contribution < 1.29 is 0 Å². The zero-order valence-corrected chi connectivity index (χ0v) is 7.15. The topological polar surface area (TPSA) is 43.1 Å². The molecule has 2 heterocycles. The lowest BCUT2D eigenvalue weighted by molar-refractivity contribution is 0.861. The average Bonchev–Trinajstić information content (AvgIpc) is 2.46. The third kappa shape index (κ3) is 1.05. The molecule has 0 spiro atoms. The van der Waals surface area contributed by atoms with Crippen LogP contribution < -0.4 is 0 Å². The van der Waals surface area contributed by atoms with Crippen LogP contribution in [0.2, 0.25) is 0 Å². The first-order chi connectivity index (χ1) is 5.79. The number of aromatic nitrogens is 4. The van der Waals surface area contributed by atoms with Crippen LogP contribution >= 0.6 is 0 Å². The molecular formula is C8H10N4. The Kier molecular flexibility index (Phi) is 1.53. The fourth-order valence-corrected chi connectivity index (χ4v) is 1.08. The van der Waals surface area contributed by atoms with Gasteiger partial charge >= 0.3 is 0 Å². The van der Waals surface area contributed by atoms with Crippen molar-refractivity contribution in [3.63, 3.8) is 0 Å². The van der Waals surface area contributed by atoms with Gasteiger partial charge in [-0.05, 0) is 6.92 Å². The van der Waals surface area contributed by atoms with Crippen molar-refractivity contribution in [2.24, 2.45) is 0 Å². The highest BCUT2D eigenvalue weighted by atomic mass is 15.3. The summed E-state index contributed by atoms with van der Waals surface area (Å²) in [5.41, 5.74) is 1.84. The summed E-state index contributed by atoms with van der Waals surface area (Å²) >= 11 is 0. The van der Waals surface area contributed by atoms with Crippen molar-refractivity contribution >= 4 is 5.65 Å². The van der Waals surface area contributed by atoms with E-state index in [0.717, 1.165) is 23.6 Å². The molecule has 4 nitrogen and oxygen atoms in total. The summed E-state index contributed by atoms with van der Waals surface area (Å²) in [6.45, 7) is 3.98. The van der Waals surface area contributed by atoms with Gasteiger partial charge in [0, 0.05) is 18.2 Å². The molecule has 0 aromatic carbocycles. The number of fused-ring (bicyclic) bond motifs is 1.